The molecule has 0 aromatic rings. The highest BCUT2D eigenvalue weighted by molar-refractivity contribution is 7.97. The molecular weight excluding hydrogens is 130 g/mol. The lowest BCUT2D eigenvalue weighted by atomic mass is 10.0. The van der Waals surface area contributed by atoms with E-state index < -0.39 is 0 Å². The quantitative estimate of drug-likeness (QED) is 0.480. The number of rotatable bonds is 0. The second-order valence-electron chi connectivity index (χ2n) is 2.96. The molecular formula is C7H15NS. The molecule has 3 unspecified atom stereocenters. The van der Waals surface area contributed by atoms with E-state index in [0.29, 0.717) is 0 Å². The van der Waals surface area contributed by atoms with Crippen LogP contribution in [0.25, 0.3) is 0 Å². The predicted molar refractivity (Wildman–Crippen MR) is 43.4 cm³/mol. The minimum Gasteiger partial charge on any atom is -0.250 e. The Balaban J connectivity index is 2.54. The molecule has 0 aromatic carbocycles. The minimum absolute atomic E-state index is 0.755. The van der Waals surface area contributed by atoms with Gasteiger partial charge in [0, 0.05) is 11.3 Å². The number of hydrogen-bond donors (Lipinski definition) is 0. The van der Waals surface area contributed by atoms with E-state index in [1.165, 1.54) is 0 Å². The van der Waals surface area contributed by atoms with Crippen LogP contribution in [0.5, 0.6) is 0 Å². The maximum atomic E-state index is 2.36. The zero-order valence-corrected chi connectivity index (χ0v) is 7.40. The van der Waals surface area contributed by atoms with E-state index in [1.807, 2.05) is 11.9 Å². The molecule has 0 aromatic heterocycles. The van der Waals surface area contributed by atoms with Crippen LogP contribution in [0, 0.1) is 5.92 Å². The first-order valence-corrected chi connectivity index (χ1v) is 4.36. The molecule has 9 heavy (non-hydrogen) atoms. The molecule has 1 heterocycles. The van der Waals surface area contributed by atoms with Crippen molar-refractivity contribution in [3.63, 3.8) is 0 Å². The van der Waals surface area contributed by atoms with Gasteiger partial charge in [-0.1, -0.05) is 25.8 Å². The smallest absolute Gasteiger partial charge is 0.0207 e. The molecule has 1 fully saturated rings. The Labute approximate surface area is 61.9 Å². The SMILES string of the molecule is CC1SN(C)C(C)C1C. The van der Waals surface area contributed by atoms with Crippen molar-refractivity contribution in [2.45, 2.75) is 32.1 Å². The predicted octanol–water partition coefficient (Wildman–Crippen LogP) is 1.99. The second kappa shape index (κ2) is 2.51. The summed E-state index contributed by atoms with van der Waals surface area (Å²) in [5.41, 5.74) is 0. The van der Waals surface area contributed by atoms with Gasteiger partial charge in [0.15, 0.2) is 0 Å². The lowest BCUT2D eigenvalue weighted by Crippen LogP contribution is -2.22. The fraction of sp³-hybridized carbons (Fsp3) is 1.00. The molecule has 0 radical (unpaired) electrons. The zero-order valence-electron chi connectivity index (χ0n) is 6.59. The third-order valence-electron chi connectivity index (χ3n) is 2.41. The third-order valence-corrected chi connectivity index (χ3v) is 3.83. The molecule has 54 valence electrons. The monoisotopic (exact) mass is 145 g/mol. The molecule has 1 saturated heterocycles. The molecule has 1 aliphatic rings. The van der Waals surface area contributed by atoms with Crippen LogP contribution >= 0.6 is 11.9 Å². The lowest BCUT2D eigenvalue weighted by Gasteiger charge is -2.14. The van der Waals surface area contributed by atoms with Crippen molar-refractivity contribution >= 4 is 11.9 Å². The fourth-order valence-corrected chi connectivity index (χ4v) is 2.51. The van der Waals surface area contributed by atoms with Gasteiger partial charge in [0.1, 0.15) is 0 Å². The van der Waals surface area contributed by atoms with Crippen LogP contribution in [-0.2, 0) is 0 Å². The van der Waals surface area contributed by atoms with Gasteiger partial charge in [-0.2, -0.15) is 0 Å². The van der Waals surface area contributed by atoms with Crippen molar-refractivity contribution in [3.8, 4) is 0 Å². The first-order valence-electron chi connectivity index (χ1n) is 3.52. The molecule has 0 amide bonds. The van der Waals surface area contributed by atoms with Gasteiger partial charge < -0.3 is 0 Å². The van der Waals surface area contributed by atoms with Crippen LogP contribution in [0.4, 0.5) is 0 Å². The van der Waals surface area contributed by atoms with Gasteiger partial charge in [0.25, 0.3) is 0 Å². The molecule has 3 atom stereocenters. The standard InChI is InChI=1S/C7H15NS/c1-5-6(2)8(4)9-7(5)3/h5-7H,1-4H3. The van der Waals surface area contributed by atoms with E-state index in [9.17, 15) is 0 Å². The molecule has 1 nitrogen and oxygen atoms in total. The molecule has 1 aliphatic heterocycles. The number of hydrogen-bond acceptors (Lipinski definition) is 2. The van der Waals surface area contributed by atoms with Crippen molar-refractivity contribution in [1.82, 2.24) is 4.31 Å². The summed E-state index contributed by atoms with van der Waals surface area (Å²) >= 11 is 1.97. The molecule has 2 heteroatoms. The summed E-state index contributed by atoms with van der Waals surface area (Å²) < 4.78 is 2.36. The Bertz CT molecular complexity index is 93.1. The maximum Gasteiger partial charge on any atom is 0.0207 e. The van der Waals surface area contributed by atoms with Gasteiger partial charge in [0.2, 0.25) is 0 Å². The lowest BCUT2D eigenvalue weighted by molar-refractivity contribution is 0.361. The molecule has 1 rings (SSSR count). The summed E-state index contributed by atoms with van der Waals surface area (Å²) in [6, 6.07) is 0.755. The highest BCUT2D eigenvalue weighted by Gasteiger charge is 2.31. The Hall–Kier alpha value is 0.310. The normalized spacial score (nSPS) is 46.0. The van der Waals surface area contributed by atoms with Crippen LogP contribution in [0.3, 0.4) is 0 Å². The van der Waals surface area contributed by atoms with Crippen LogP contribution in [0.1, 0.15) is 20.8 Å². The number of nitrogens with zero attached hydrogens (tertiary/aromatic N) is 1. The van der Waals surface area contributed by atoms with E-state index >= 15 is 0 Å². The average molecular weight is 145 g/mol. The van der Waals surface area contributed by atoms with Gasteiger partial charge >= 0.3 is 0 Å². The van der Waals surface area contributed by atoms with Gasteiger partial charge in [-0.05, 0) is 19.9 Å². The summed E-state index contributed by atoms with van der Waals surface area (Å²) in [6.45, 7) is 6.92. The Kier molecular flexibility index (Phi) is 2.07. The van der Waals surface area contributed by atoms with E-state index in [2.05, 4.69) is 32.1 Å². The van der Waals surface area contributed by atoms with E-state index in [0.717, 1.165) is 17.2 Å². The topological polar surface area (TPSA) is 3.24 Å². The second-order valence-corrected chi connectivity index (χ2v) is 4.49. The van der Waals surface area contributed by atoms with Gasteiger partial charge in [-0.3, -0.25) is 4.31 Å². The summed E-state index contributed by atoms with van der Waals surface area (Å²) in [7, 11) is 2.18. The minimum atomic E-state index is 0.755. The Morgan fingerprint density at radius 1 is 1.22 bits per heavy atom. The van der Waals surface area contributed by atoms with Crippen molar-refractivity contribution in [2.75, 3.05) is 7.05 Å². The fourth-order valence-electron chi connectivity index (χ4n) is 1.18. The maximum absolute atomic E-state index is 2.36. The Morgan fingerprint density at radius 2 is 1.78 bits per heavy atom. The molecule has 0 aliphatic carbocycles. The van der Waals surface area contributed by atoms with Gasteiger partial charge in [0.05, 0.1) is 0 Å². The van der Waals surface area contributed by atoms with Crippen LogP contribution < -0.4 is 0 Å². The largest absolute Gasteiger partial charge is 0.250 e. The van der Waals surface area contributed by atoms with Crippen molar-refractivity contribution in [1.29, 1.82) is 0 Å². The van der Waals surface area contributed by atoms with E-state index in [1.54, 1.807) is 0 Å². The van der Waals surface area contributed by atoms with E-state index in [-0.39, 0.29) is 0 Å². The van der Waals surface area contributed by atoms with Crippen molar-refractivity contribution in [2.24, 2.45) is 5.92 Å². The van der Waals surface area contributed by atoms with Crippen LogP contribution in [0.2, 0.25) is 0 Å². The highest BCUT2D eigenvalue weighted by atomic mass is 32.2. The third kappa shape index (κ3) is 1.24. The van der Waals surface area contributed by atoms with Crippen LogP contribution in [0.15, 0.2) is 0 Å². The molecule has 0 spiro atoms. The zero-order chi connectivity index (χ0) is 7.02. The summed E-state index contributed by atoms with van der Waals surface area (Å²) in [5, 5.41) is 0.810. The summed E-state index contributed by atoms with van der Waals surface area (Å²) in [6.07, 6.45) is 0. The molecule has 0 saturated carbocycles. The van der Waals surface area contributed by atoms with Crippen LogP contribution in [-0.4, -0.2) is 22.6 Å². The van der Waals surface area contributed by atoms with Gasteiger partial charge in [-0.25, -0.2) is 0 Å². The first-order chi connectivity index (χ1) is 4.13. The summed E-state index contributed by atoms with van der Waals surface area (Å²) in [5.74, 6) is 0.847. The summed E-state index contributed by atoms with van der Waals surface area (Å²) in [4.78, 5) is 0. The molecule has 0 N–H and O–H groups in total. The molecule has 0 bridgehead atoms. The van der Waals surface area contributed by atoms with Gasteiger partial charge in [-0.15, -0.1) is 0 Å². The van der Waals surface area contributed by atoms with Crippen molar-refractivity contribution < 1.29 is 0 Å². The first kappa shape index (κ1) is 7.42. The highest BCUT2D eigenvalue weighted by Crippen LogP contribution is 2.35. The average Bonchev–Trinajstić information content (AvgIpc) is 1.98. The Morgan fingerprint density at radius 3 is 1.89 bits per heavy atom. The van der Waals surface area contributed by atoms with E-state index in [4.69, 9.17) is 0 Å². The van der Waals surface area contributed by atoms with Crippen molar-refractivity contribution in [3.05, 3.63) is 0 Å².